The summed E-state index contributed by atoms with van der Waals surface area (Å²) < 4.78 is 40.6. The molecule has 2 aliphatic rings. The molecule has 1 saturated carbocycles. The van der Waals surface area contributed by atoms with Crippen LogP contribution in [0.5, 0.6) is 0 Å². The Hall–Kier alpha value is -2.32. The van der Waals surface area contributed by atoms with Gasteiger partial charge in [0, 0.05) is 24.9 Å². The molecule has 2 fully saturated rings. The van der Waals surface area contributed by atoms with Crippen LogP contribution in [0.15, 0.2) is 18.3 Å². The molecule has 1 spiro atoms. The minimum absolute atomic E-state index is 0.0708. The highest BCUT2D eigenvalue weighted by Gasteiger charge is 2.54. The van der Waals surface area contributed by atoms with Gasteiger partial charge < -0.3 is 16.0 Å². The Kier molecular flexibility index (Phi) is 4.12. The number of halogens is 3. The van der Waals surface area contributed by atoms with Crippen LogP contribution in [0.3, 0.4) is 0 Å². The molecule has 0 bridgehead atoms. The van der Waals surface area contributed by atoms with Gasteiger partial charge in [-0.2, -0.15) is 13.2 Å². The minimum atomic E-state index is -4.66. The first-order valence-electron chi connectivity index (χ1n) is 7.97. The number of carbonyl (C=O) groups excluding carboxylic acids is 2. The summed E-state index contributed by atoms with van der Waals surface area (Å²) in [5.41, 5.74) is 5.03. The highest BCUT2D eigenvalue weighted by atomic mass is 19.4. The SMILES string of the molecule is CN(C(=O)C1CC2(CCC(=O)N2)C1)[C@@H](c1ccc(N)cn1)C(F)(F)F. The summed E-state index contributed by atoms with van der Waals surface area (Å²) >= 11 is 0. The fourth-order valence-corrected chi connectivity index (χ4v) is 3.72. The summed E-state index contributed by atoms with van der Waals surface area (Å²) in [5, 5.41) is 2.83. The van der Waals surface area contributed by atoms with Crippen LogP contribution in [0.2, 0.25) is 0 Å². The Labute approximate surface area is 142 Å². The van der Waals surface area contributed by atoms with Crippen LogP contribution in [0, 0.1) is 5.92 Å². The van der Waals surface area contributed by atoms with Crippen LogP contribution in [-0.2, 0) is 9.59 Å². The van der Waals surface area contributed by atoms with Crippen LogP contribution in [-0.4, -0.2) is 40.5 Å². The standard InChI is InChI=1S/C16H19F3N4O2/c1-23(13(16(17,18)19)11-3-2-10(20)8-21-11)14(25)9-6-15(7-9)5-4-12(24)22-15/h2-3,8-9,13H,4-7,20H2,1H3,(H,22,24)/t9?,13-,15?/m0/s1. The maximum absolute atomic E-state index is 13.5. The molecule has 1 aromatic heterocycles. The van der Waals surface area contributed by atoms with E-state index in [2.05, 4.69) is 10.3 Å². The van der Waals surface area contributed by atoms with Crippen molar-refractivity contribution in [3.63, 3.8) is 0 Å². The maximum Gasteiger partial charge on any atom is 0.414 e. The first-order valence-corrected chi connectivity index (χ1v) is 7.97. The van der Waals surface area contributed by atoms with Crippen LogP contribution in [0.25, 0.3) is 0 Å². The number of alkyl halides is 3. The number of hydrogen-bond donors (Lipinski definition) is 2. The molecule has 9 heteroatoms. The van der Waals surface area contributed by atoms with Gasteiger partial charge in [-0.3, -0.25) is 14.6 Å². The highest BCUT2D eigenvalue weighted by molar-refractivity contribution is 5.83. The van der Waals surface area contributed by atoms with E-state index in [-0.39, 0.29) is 17.3 Å². The van der Waals surface area contributed by atoms with Crippen molar-refractivity contribution in [1.29, 1.82) is 0 Å². The third kappa shape index (κ3) is 3.27. The molecule has 2 heterocycles. The Morgan fingerprint density at radius 3 is 2.60 bits per heavy atom. The summed E-state index contributed by atoms with van der Waals surface area (Å²) in [5.74, 6) is -1.19. The summed E-state index contributed by atoms with van der Waals surface area (Å²) in [6, 6.07) is 0.373. The predicted octanol–water partition coefficient (Wildman–Crippen LogP) is 1.78. The fourth-order valence-electron chi connectivity index (χ4n) is 3.72. The molecule has 25 heavy (non-hydrogen) atoms. The van der Waals surface area contributed by atoms with Gasteiger partial charge in [-0.25, -0.2) is 0 Å². The first-order chi connectivity index (χ1) is 11.6. The number of pyridine rings is 1. The Morgan fingerprint density at radius 1 is 1.44 bits per heavy atom. The van der Waals surface area contributed by atoms with Gasteiger partial charge in [0.15, 0.2) is 6.04 Å². The molecule has 1 aromatic rings. The summed E-state index contributed by atoms with van der Waals surface area (Å²) in [6.45, 7) is 0. The molecule has 0 aromatic carbocycles. The second-order valence-electron chi connectivity index (χ2n) is 6.84. The number of hydrogen-bond acceptors (Lipinski definition) is 4. The van der Waals surface area contributed by atoms with Crippen LogP contribution in [0.4, 0.5) is 18.9 Å². The van der Waals surface area contributed by atoms with Gasteiger partial charge in [-0.15, -0.1) is 0 Å². The average molecular weight is 356 g/mol. The van der Waals surface area contributed by atoms with Gasteiger partial charge >= 0.3 is 6.18 Å². The van der Waals surface area contributed by atoms with Crippen molar-refractivity contribution in [2.75, 3.05) is 12.8 Å². The normalized spacial score (nSPS) is 26.9. The van der Waals surface area contributed by atoms with Crippen molar-refractivity contribution >= 4 is 17.5 Å². The number of amides is 2. The van der Waals surface area contributed by atoms with E-state index in [0.29, 0.717) is 30.6 Å². The average Bonchev–Trinajstić information content (AvgIpc) is 2.88. The predicted molar refractivity (Wildman–Crippen MR) is 83.0 cm³/mol. The molecule has 0 unspecified atom stereocenters. The zero-order valence-electron chi connectivity index (χ0n) is 13.6. The van der Waals surface area contributed by atoms with Gasteiger partial charge in [0.25, 0.3) is 0 Å². The molecule has 3 rings (SSSR count). The Bertz CT molecular complexity index is 684. The van der Waals surface area contributed by atoms with Crippen LogP contribution < -0.4 is 11.1 Å². The van der Waals surface area contributed by atoms with E-state index in [0.717, 1.165) is 13.2 Å². The molecule has 1 atom stereocenters. The number of nitrogens with two attached hydrogens (primary N) is 1. The van der Waals surface area contributed by atoms with E-state index in [1.165, 1.54) is 12.1 Å². The van der Waals surface area contributed by atoms with E-state index in [4.69, 9.17) is 5.73 Å². The Morgan fingerprint density at radius 2 is 2.12 bits per heavy atom. The van der Waals surface area contributed by atoms with Gasteiger partial charge in [-0.1, -0.05) is 0 Å². The maximum atomic E-state index is 13.5. The highest BCUT2D eigenvalue weighted by Crippen LogP contribution is 2.46. The van der Waals surface area contributed by atoms with E-state index in [9.17, 15) is 22.8 Å². The van der Waals surface area contributed by atoms with Crippen molar-refractivity contribution in [1.82, 2.24) is 15.2 Å². The molecule has 2 amide bonds. The fraction of sp³-hybridized carbons (Fsp3) is 0.562. The lowest BCUT2D eigenvalue weighted by atomic mass is 9.67. The molecule has 1 aliphatic carbocycles. The number of carbonyl (C=O) groups is 2. The van der Waals surface area contributed by atoms with Crippen molar-refractivity contribution in [2.45, 2.75) is 43.4 Å². The second-order valence-corrected chi connectivity index (χ2v) is 6.84. The van der Waals surface area contributed by atoms with Crippen LogP contribution in [0.1, 0.15) is 37.4 Å². The van der Waals surface area contributed by atoms with E-state index >= 15 is 0 Å². The zero-order chi connectivity index (χ0) is 18.4. The molecule has 136 valence electrons. The van der Waals surface area contributed by atoms with Crippen molar-refractivity contribution in [3.8, 4) is 0 Å². The second kappa shape index (κ2) is 5.89. The van der Waals surface area contributed by atoms with Crippen molar-refractivity contribution in [2.24, 2.45) is 5.92 Å². The lowest BCUT2D eigenvalue weighted by Gasteiger charge is -2.46. The molecule has 1 aliphatic heterocycles. The summed E-state index contributed by atoms with van der Waals surface area (Å²) in [6.07, 6.45) is -1.74. The number of nitrogens with zero attached hydrogens (tertiary/aromatic N) is 2. The van der Waals surface area contributed by atoms with E-state index in [1.54, 1.807) is 0 Å². The molecular weight excluding hydrogens is 337 g/mol. The summed E-state index contributed by atoms with van der Waals surface area (Å²) in [4.78, 5) is 28.3. The lowest BCUT2D eigenvalue weighted by molar-refractivity contribution is -0.193. The Balaban J connectivity index is 1.74. The number of nitrogen functional groups attached to an aromatic ring is 1. The number of anilines is 1. The molecule has 6 nitrogen and oxygen atoms in total. The minimum Gasteiger partial charge on any atom is -0.397 e. The summed E-state index contributed by atoms with van der Waals surface area (Å²) in [7, 11) is 1.14. The van der Waals surface area contributed by atoms with Gasteiger partial charge in [-0.05, 0) is 31.4 Å². The molecule has 0 radical (unpaired) electrons. The van der Waals surface area contributed by atoms with Crippen LogP contribution >= 0.6 is 0 Å². The molecular formula is C16H19F3N4O2. The topological polar surface area (TPSA) is 88.3 Å². The van der Waals surface area contributed by atoms with Gasteiger partial charge in [0.1, 0.15) is 0 Å². The van der Waals surface area contributed by atoms with E-state index < -0.39 is 29.6 Å². The monoisotopic (exact) mass is 356 g/mol. The van der Waals surface area contributed by atoms with Crippen molar-refractivity contribution in [3.05, 3.63) is 24.0 Å². The van der Waals surface area contributed by atoms with Gasteiger partial charge in [0.05, 0.1) is 17.6 Å². The first kappa shape index (κ1) is 17.5. The molecule has 3 N–H and O–H groups in total. The van der Waals surface area contributed by atoms with Gasteiger partial charge in [0.2, 0.25) is 11.8 Å². The number of nitrogens with one attached hydrogen (secondary N) is 1. The lowest BCUT2D eigenvalue weighted by Crippen LogP contribution is -2.57. The smallest absolute Gasteiger partial charge is 0.397 e. The molecule has 1 saturated heterocycles. The zero-order valence-corrected chi connectivity index (χ0v) is 13.6. The largest absolute Gasteiger partial charge is 0.414 e. The van der Waals surface area contributed by atoms with E-state index in [1.807, 2.05) is 0 Å². The number of aromatic nitrogens is 1. The third-order valence-corrected chi connectivity index (χ3v) is 4.99. The third-order valence-electron chi connectivity index (χ3n) is 4.99. The quantitative estimate of drug-likeness (QED) is 0.864. The number of rotatable bonds is 3. The van der Waals surface area contributed by atoms with Crippen molar-refractivity contribution < 1.29 is 22.8 Å².